The number of alkyl halides is 1. The summed E-state index contributed by atoms with van der Waals surface area (Å²) in [5.41, 5.74) is 1.61. The number of thioether (sulfide) groups is 1. The third kappa shape index (κ3) is 5.31. The maximum atomic E-state index is 6.17. The summed E-state index contributed by atoms with van der Waals surface area (Å²) in [6.45, 7) is 2.23. The highest BCUT2D eigenvalue weighted by atomic mass is 35.5. The third-order valence-electron chi connectivity index (χ3n) is 2.64. The van der Waals surface area contributed by atoms with Gasteiger partial charge in [0.1, 0.15) is 0 Å². The maximum Gasteiger partial charge on any atom is 0.0518 e. The first-order chi connectivity index (χ1) is 6.83. The van der Waals surface area contributed by atoms with Gasteiger partial charge in [-0.15, -0.1) is 11.6 Å². The highest BCUT2D eigenvalue weighted by Gasteiger charge is 2.08. The molecule has 0 N–H and O–H groups in total. The van der Waals surface area contributed by atoms with Gasteiger partial charge in [0, 0.05) is 0 Å². The van der Waals surface area contributed by atoms with Gasteiger partial charge < -0.3 is 0 Å². The van der Waals surface area contributed by atoms with E-state index in [1.165, 1.54) is 50.0 Å². The van der Waals surface area contributed by atoms with Crippen molar-refractivity contribution in [3.63, 3.8) is 0 Å². The van der Waals surface area contributed by atoms with E-state index in [-0.39, 0.29) is 0 Å². The van der Waals surface area contributed by atoms with Crippen LogP contribution in [0.25, 0.3) is 0 Å². The van der Waals surface area contributed by atoms with Crippen molar-refractivity contribution in [2.45, 2.75) is 50.8 Å². The molecule has 2 heteroatoms. The van der Waals surface area contributed by atoms with Crippen LogP contribution in [0.15, 0.2) is 11.6 Å². The zero-order valence-electron chi connectivity index (χ0n) is 9.10. The summed E-state index contributed by atoms with van der Waals surface area (Å²) in [5, 5.41) is 0.311. The van der Waals surface area contributed by atoms with E-state index in [4.69, 9.17) is 11.6 Å². The van der Waals surface area contributed by atoms with Gasteiger partial charge >= 0.3 is 0 Å². The molecule has 82 valence electrons. The first kappa shape index (κ1) is 12.4. The monoisotopic (exact) mass is 232 g/mol. The first-order valence-electron chi connectivity index (χ1n) is 5.74. The van der Waals surface area contributed by atoms with Crippen LogP contribution in [0.2, 0.25) is 0 Å². The van der Waals surface area contributed by atoms with Crippen LogP contribution in [0, 0.1) is 0 Å². The van der Waals surface area contributed by atoms with Gasteiger partial charge in [-0.3, -0.25) is 0 Å². The topological polar surface area (TPSA) is 0 Å². The molecule has 1 aliphatic carbocycles. The van der Waals surface area contributed by atoms with E-state index in [9.17, 15) is 0 Å². The molecular formula is C12H21ClS. The average molecular weight is 233 g/mol. The molecule has 1 aliphatic rings. The van der Waals surface area contributed by atoms with Crippen molar-refractivity contribution < 1.29 is 0 Å². The van der Waals surface area contributed by atoms with Crippen LogP contribution in [0.3, 0.4) is 0 Å². The lowest BCUT2D eigenvalue weighted by molar-refractivity contribution is 0.702. The smallest absolute Gasteiger partial charge is 0.0518 e. The van der Waals surface area contributed by atoms with Gasteiger partial charge in [0.15, 0.2) is 0 Å². The van der Waals surface area contributed by atoms with Gasteiger partial charge in [-0.25, -0.2) is 0 Å². The summed E-state index contributed by atoms with van der Waals surface area (Å²) < 4.78 is 0. The summed E-state index contributed by atoms with van der Waals surface area (Å²) in [5.74, 6) is 2.55. The molecule has 0 aromatic heterocycles. The van der Waals surface area contributed by atoms with Gasteiger partial charge in [0.05, 0.1) is 5.38 Å². The number of allylic oxidation sites excluding steroid dienone is 2. The van der Waals surface area contributed by atoms with Crippen LogP contribution >= 0.6 is 23.4 Å². The standard InChI is InChI=1S/C12H21ClS/c1-2-14-9-5-7-11-6-3-4-8-12(13)10-11/h10,12H,2-9H2,1H3. The SMILES string of the molecule is CCSCCCC1=CC(Cl)CCCC1. The van der Waals surface area contributed by atoms with E-state index < -0.39 is 0 Å². The molecule has 0 saturated heterocycles. The fourth-order valence-electron chi connectivity index (χ4n) is 1.87. The van der Waals surface area contributed by atoms with Crippen LogP contribution in [-0.2, 0) is 0 Å². The molecule has 1 rings (SSSR count). The van der Waals surface area contributed by atoms with Gasteiger partial charge in [-0.2, -0.15) is 11.8 Å². The van der Waals surface area contributed by atoms with E-state index in [1.807, 2.05) is 11.8 Å². The van der Waals surface area contributed by atoms with Crippen molar-refractivity contribution >= 4 is 23.4 Å². The van der Waals surface area contributed by atoms with Crippen LogP contribution < -0.4 is 0 Å². The lowest BCUT2D eigenvalue weighted by atomic mass is 10.1. The minimum Gasteiger partial charge on any atom is -0.162 e. The molecule has 14 heavy (non-hydrogen) atoms. The van der Waals surface area contributed by atoms with Crippen LogP contribution in [0.1, 0.15) is 45.4 Å². The molecule has 0 nitrogen and oxygen atoms in total. The quantitative estimate of drug-likeness (QED) is 0.379. The molecule has 0 amide bonds. The Balaban J connectivity index is 2.20. The molecule has 0 aromatic carbocycles. The maximum absolute atomic E-state index is 6.17. The summed E-state index contributed by atoms with van der Waals surface area (Å²) >= 11 is 8.22. The Morgan fingerprint density at radius 2 is 2.36 bits per heavy atom. The van der Waals surface area contributed by atoms with E-state index in [2.05, 4.69) is 13.0 Å². The van der Waals surface area contributed by atoms with Crippen molar-refractivity contribution in [1.29, 1.82) is 0 Å². The third-order valence-corrected chi connectivity index (χ3v) is 3.96. The van der Waals surface area contributed by atoms with Crippen molar-refractivity contribution in [3.8, 4) is 0 Å². The van der Waals surface area contributed by atoms with Crippen LogP contribution in [0.4, 0.5) is 0 Å². The van der Waals surface area contributed by atoms with Gasteiger partial charge in [0.25, 0.3) is 0 Å². The second-order valence-corrected chi connectivity index (χ2v) is 5.84. The number of halogens is 1. The summed E-state index contributed by atoms with van der Waals surface area (Å²) in [7, 11) is 0. The van der Waals surface area contributed by atoms with E-state index in [0.717, 1.165) is 0 Å². The molecular weight excluding hydrogens is 212 g/mol. The average Bonchev–Trinajstić information content (AvgIpc) is 2.38. The molecule has 0 spiro atoms. The van der Waals surface area contributed by atoms with Crippen LogP contribution in [0.5, 0.6) is 0 Å². The Bertz CT molecular complexity index is 177. The Labute approximate surface area is 97.5 Å². The molecule has 0 radical (unpaired) electrons. The van der Waals surface area contributed by atoms with Crippen LogP contribution in [-0.4, -0.2) is 16.9 Å². The van der Waals surface area contributed by atoms with Gasteiger partial charge in [-0.05, 0) is 43.6 Å². The fraction of sp³-hybridized carbons (Fsp3) is 0.833. The Hall–Kier alpha value is 0.380. The molecule has 0 bridgehead atoms. The zero-order valence-corrected chi connectivity index (χ0v) is 10.7. The zero-order chi connectivity index (χ0) is 10.2. The number of hydrogen-bond donors (Lipinski definition) is 0. The normalized spacial score (nSPS) is 23.0. The first-order valence-corrected chi connectivity index (χ1v) is 7.33. The van der Waals surface area contributed by atoms with Gasteiger partial charge in [-0.1, -0.05) is 25.0 Å². The summed E-state index contributed by atoms with van der Waals surface area (Å²) in [6, 6.07) is 0. The summed E-state index contributed by atoms with van der Waals surface area (Å²) in [4.78, 5) is 0. The van der Waals surface area contributed by atoms with Crippen molar-refractivity contribution in [1.82, 2.24) is 0 Å². The van der Waals surface area contributed by atoms with E-state index in [0.29, 0.717) is 5.38 Å². The molecule has 1 atom stereocenters. The van der Waals surface area contributed by atoms with Crippen molar-refractivity contribution in [2.75, 3.05) is 11.5 Å². The van der Waals surface area contributed by atoms with Crippen molar-refractivity contribution in [2.24, 2.45) is 0 Å². The lowest BCUT2D eigenvalue weighted by Gasteiger charge is -2.05. The molecule has 0 fully saturated rings. The second-order valence-electron chi connectivity index (χ2n) is 3.89. The highest BCUT2D eigenvalue weighted by molar-refractivity contribution is 7.99. The minimum absolute atomic E-state index is 0.311. The predicted molar refractivity (Wildman–Crippen MR) is 68.4 cm³/mol. The number of hydrogen-bond acceptors (Lipinski definition) is 1. The Kier molecular flexibility index (Phi) is 6.80. The molecule has 0 heterocycles. The second kappa shape index (κ2) is 7.64. The van der Waals surface area contributed by atoms with E-state index in [1.54, 1.807) is 5.57 Å². The van der Waals surface area contributed by atoms with E-state index >= 15 is 0 Å². The van der Waals surface area contributed by atoms with Gasteiger partial charge in [0.2, 0.25) is 0 Å². The lowest BCUT2D eigenvalue weighted by Crippen LogP contribution is -1.92. The highest BCUT2D eigenvalue weighted by Crippen LogP contribution is 2.24. The molecule has 0 aromatic rings. The molecule has 0 aliphatic heterocycles. The minimum atomic E-state index is 0.311. The Morgan fingerprint density at radius 3 is 3.14 bits per heavy atom. The Morgan fingerprint density at radius 1 is 1.50 bits per heavy atom. The fourth-order valence-corrected chi connectivity index (χ4v) is 2.84. The largest absolute Gasteiger partial charge is 0.162 e. The van der Waals surface area contributed by atoms with Crippen molar-refractivity contribution in [3.05, 3.63) is 11.6 Å². The molecule has 0 saturated carbocycles. The summed E-state index contributed by atoms with van der Waals surface area (Å²) in [6.07, 6.45) is 10.0. The molecule has 1 unspecified atom stereocenters. The number of rotatable bonds is 5. The predicted octanol–water partition coefficient (Wildman–Crippen LogP) is 4.63.